The van der Waals surface area contributed by atoms with Crippen LogP contribution in [0.2, 0.25) is 0 Å². The summed E-state index contributed by atoms with van der Waals surface area (Å²) < 4.78 is 40.4. The SMILES string of the molecule is CN(Cc1cc(S(=O)(=O)c2cccnc2)c(-c2cccnc2F)s1)C(=O)O. The third kappa shape index (κ3) is 3.81. The monoisotopic (exact) mass is 407 g/mol. The Morgan fingerprint density at radius 1 is 1.30 bits per heavy atom. The van der Waals surface area contributed by atoms with Gasteiger partial charge in [0.2, 0.25) is 15.8 Å². The quantitative estimate of drug-likeness (QED) is 0.652. The van der Waals surface area contributed by atoms with Crippen molar-refractivity contribution >= 4 is 27.3 Å². The van der Waals surface area contributed by atoms with Gasteiger partial charge in [-0.3, -0.25) is 4.98 Å². The zero-order chi connectivity index (χ0) is 19.6. The summed E-state index contributed by atoms with van der Waals surface area (Å²) in [5, 5.41) is 9.05. The maximum atomic E-state index is 14.2. The second-order valence-electron chi connectivity index (χ2n) is 5.58. The largest absolute Gasteiger partial charge is 0.465 e. The van der Waals surface area contributed by atoms with Crippen molar-refractivity contribution in [2.24, 2.45) is 0 Å². The van der Waals surface area contributed by atoms with Gasteiger partial charge in [0.1, 0.15) is 0 Å². The summed E-state index contributed by atoms with van der Waals surface area (Å²) in [5.74, 6) is -0.805. The fourth-order valence-corrected chi connectivity index (χ4v) is 5.39. The van der Waals surface area contributed by atoms with E-state index in [2.05, 4.69) is 9.97 Å². The highest BCUT2D eigenvalue weighted by Crippen LogP contribution is 2.39. The minimum Gasteiger partial charge on any atom is -0.465 e. The number of hydrogen-bond donors (Lipinski definition) is 1. The van der Waals surface area contributed by atoms with E-state index in [9.17, 15) is 17.6 Å². The van der Waals surface area contributed by atoms with Crippen LogP contribution in [0.4, 0.5) is 9.18 Å². The average molecular weight is 407 g/mol. The summed E-state index contributed by atoms with van der Waals surface area (Å²) in [6, 6.07) is 7.19. The first-order valence-corrected chi connectivity index (χ1v) is 9.93. The molecule has 7 nitrogen and oxygen atoms in total. The molecular formula is C17H14FN3O4S2. The highest BCUT2D eigenvalue weighted by atomic mass is 32.2. The molecule has 0 saturated heterocycles. The maximum absolute atomic E-state index is 14.2. The van der Waals surface area contributed by atoms with Crippen molar-refractivity contribution in [3.63, 3.8) is 0 Å². The Labute approximate surface area is 158 Å². The molecule has 0 radical (unpaired) electrons. The Kier molecular flexibility index (Phi) is 5.19. The van der Waals surface area contributed by atoms with Crippen LogP contribution in [0.25, 0.3) is 10.4 Å². The lowest BCUT2D eigenvalue weighted by Gasteiger charge is -2.10. The van der Waals surface area contributed by atoms with Gasteiger partial charge < -0.3 is 10.0 Å². The number of halogens is 1. The molecule has 27 heavy (non-hydrogen) atoms. The fraction of sp³-hybridized carbons (Fsp3) is 0.118. The predicted molar refractivity (Wildman–Crippen MR) is 96.7 cm³/mol. The minimum atomic E-state index is -3.98. The summed E-state index contributed by atoms with van der Waals surface area (Å²) in [6.45, 7) is -0.0303. The van der Waals surface area contributed by atoms with Crippen molar-refractivity contribution in [1.82, 2.24) is 14.9 Å². The van der Waals surface area contributed by atoms with Crippen molar-refractivity contribution in [2.45, 2.75) is 16.3 Å². The van der Waals surface area contributed by atoms with Gasteiger partial charge in [0.15, 0.2) is 0 Å². The predicted octanol–water partition coefficient (Wildman–Crippen LogP) is 3.29. The number of sulfone groups is 1. The summed E-state index contributed by atoms with van der Waals surface area (Å²) in [7, 11) is -2.62. The second-order valence-corrected chi connectivity index (χ2v) is 8.63. The smallest absolute Gasteiger partial charge is 0.407 e. The number of amides is 1. The van der Waals surface area contributed by atoms with Crippen molar-refractivity contribution in [3.05, 3.63) is 59.7 Å². The Bertz CT molecular complexity index is 1080. The van der Waals surface area contributed by atoms with Gasteiger partial charge in [0.25, 0.3) is 0 Å². The van der Waals surface area contributed by atoms with Gasteiger partial charge in [-0.25, -0.2) is 18.2 Å². The molecule has 3 heterocycles. The second kappa shape index (κ2) is 7.41. The molecule has 1 N–H and O–H groups in total. The number of carboxylic acid groups (broad SMARTS) is 1. The molecule has 0 aliphatic heterocycles. The Balaban J connectivity index is 2.18. The molecule has 0 fully saturated rings. The zero-order valence-electron chi connectivity index (χ0n) is 14.0. The van der Waals surface area contributed by atoms with Gasteiger partial charge in [-0.2, -0.15) is 4.39 Å². The van der Waals surface area contributed by atoms with Crippen molar-refractivity contribution in [2.75, 3.05) is 7.05 Å². The van der Waals surface area contributed by atoms with Crippen LogP contribution in [0, 0.1) is 5.95 Å². The van der Waals surface area contributed by atoms with E-state index in [0.29, 0.717) is 4.88 Å². The highest BCUT2D eigenvalue weighted by molar-refractivity contribution is 7.91. The van der Waals surface area contributed by atoms with Crippen LogP contribution in [-0.2, 0) is 16.4 Å². The summed E-state index contributed by atoms with van der Waals surface area (Å²) in [4.78, 5) is 20.0. The maximum Gasteiger partial charge on any atom is 0.407 e. The van der Waals surface area contributed by atoms with Gasteiger partial charge in [0.05, 0.1) is 21.2 Å². The highest BCUT2D eigenvalue weighted by Gasteiger charge is 2.27. The van der Waals surface area contributed by atoms with Gasteiger partial charge >= 0.3 is 6.09 Å². The topological polar surface area (TPSA) is 100 Å². The molecule has 0 atom stereocenters. The summed E-state index contributed by atoms with van der Waals surface area (Å²) in [5.41, 5.74) is 0.0363. The summed E-state index contributed by atoms with van der Waals surface area (Å²) in [6.07, 6.45) is 2.76. The molecule has 10 heteroatoms. The van der Waals surface area contributed by atoms with E-state index in [0.717, 1.165) is 16.2 Å². The Hall–Kier alpha value is -2.85. The van der Waals surface area contributed by atoms with Gasteiger partial charge in [-0.05, 0) is 30.3 Å². The number of hydrogen-bond acceptors (Lipinski definition) is 6. The van der Waals surface area contributed by atoms with Crippen LogP contribution in [0.5, 0.6) is 0 Å². The van der Waals surface area contributed by atoms with Crippen LogP contribution >= 0.6 is 11.3 Å². The van der Waals surface area contributed by atoms with E-state index in [1.165, 1.54) is 56.0 Å². The van der Waals surface area contributed by atoms with E-state index >= 15 is 0 Å². The van der Waals surface area contributed by atoms with Crippen LogP contribution in [0.3, 0.4) is 0 Å². The summed E-state index contributed by atoms with van der Waals surface area (Å²) >= 11 is 1.01. The Morgan fingerprint density at radius 3 is 2.67 bits per heavy atom. The molecule has 140 valence electrons. The number of aromatic nitrogens is 2. The van der Waals surface area contributed by atoms with E-state index in [1.807, 2.05) is 0 Å². The lowest BCUT2D eigenvalue weighted by molar-refractivity contribution is 0.154. The molecular weight excluding hydrogens is 393 g/mol. The van der Waals surface area contributed by atoms with Crippen molar-refractivity contribution in [3.8, 4) is 10.4 Å². The lowest BCUT2D eigenvalue weighted by atomic mass is 10.2. The first-order chi connectivity index (χ1) is 12.8. The Morgan fingerprint density at radius 2 is 2.04 bits per heavy atom. The van der Waals surface area contributed by atoms with Crippen molar-refractivity contribution in [1.29, 1.82) is 0 Å². The number of rotatable bonds is 5. The molecule has 3 aromatic heterocycles. The molecule has 0 bridgehead atoms. The lowest BCUT2D eigenvalue weighted by Crippen LogP contribution is -2.23. The van der Waals surface area contributed by atoms with Crippen LogP contribution < -0.4 is 0 Å². The van der Waals surface area contributed by atoms with Gasteiger partial charge in [0, 0.05) is 36.1 Å². The minimum absolute atomic E-state index is 0.0303. The van der Waals surface area contributed by atoms with Crippen LogP contribution in [0.15, 0.2) is 58.7 Å². The van der Waals surface area contributed by atoms with E-state index < -0.39 is 21.9 Å². The van der Waals surface area contributed by atoms with Crippen LogP contribution in [-0.4, -0.2) is 41.5 Å². The standard InChI is InChI=1S/C17H14FN3O4S2/c1-21(17(22)23)10-11-8-14(27(24,25)12-4-2-6-19-9-12)15(26-11)13-5-3-7-20-16(13)18/h2-9H,10H2,1H3,(H,22,23). The third-order valence-corrected chi connectivity index (χ3v) is 6.75. The van der Waals surface area contributed by atoms with E-state index in [-0.39, 0.29) is 26.8 Å². The van der Waals surface area contributed by atoms with E-state index in [1.54, 1.807) is 0 Å². The van der Waals surface area contributed by atoms with Crippen LogP contribution in [0.1, 0.15) is 4.88 Å². The molecule has 3 rings (SSSR count). The van der Waals surface area contributed by atoms with E-state index in [4.69, 9.17) is 5.11 Å². The zero-order valence-corrected chi connectivity index (χ0v) is 15.7. The number of pyridine rings is 2. The first kappa shape index (κ1) is 18.9. The third-order valence-electron chi connectivity index (χ3n) is 3.71. The molecule has 0 aromatic carbocycles. The molecule has 0 unspecified atom stereocenters. The fourth-order valence-electron chi connectivity index (χ4n) is 2.38. The normalized spacial score (nSPS) is 11.3. The number of nitrogens with zero attached hydrogens (tertiary/aromatic N) is 3. The molecule has 0 spiro atoms. The van der Waals surface area contributed by atoms with Gasteiger partial charge in [-0.1, -0.05) is 0 Å². The average Bonchev–Trinajstić information content (AvgIpc) is 3.07. The molecule has 1 amide bonds. The molecule has 0 aliphatic rings. The molecule has 0 saturated carbocycles. The molecule has 3 aromatic rings. The number of thiophene rings is 1. The number of carbonyl (C=O) groups is 1. The molecule has 0 aliphatic carbocycles. The first-order valence-electron chi connectivity index (χ1n) is 7.63. The van der Waals surface area contributed by atoms with Gasteiger partial charge in [-0.15, -0.1) is 11.3 Å². The van der Waals surface area contributed by atoms with Crippen molar-refractivity contribution < 1.29 is 22.7 Å².